The molecular weight excluding hydrogens is 238 g/mol. The van der Waals surface area contributed by atoms with Crippen LogP contribution < -0.4 is 5.32 Å². The minimum Gasteiger partial charge on any atom is -0.352 e. The molecule has 1 aromatic heterocycles. The highest BCUT2D eigenvalue weighted by atomic mass is 16.1. The van der Waals surface area contributed by atoms with Gasteiger partial charge in [0.1, 0.15) is 0 Å². The molecule has 0 unspecified atom stereocenters. The summed E-state index contributed by atoms with van der Waals surface area (Å²) in [5.41, 5.74) is 0.916. The molecule has 0 saturated heterocycles. The van der Waals surface area contributed by atoms with Crippen LogP contribution in [0.1, 0.15) is 33.4 Å². The first kappa shape index (κ1) is 15.5. The first-order chi connectivity index (χ1) is 8.91. The number of carbonyl (C=O) groups is 1. The molecule has 0 aromatic carbocycles. The van der Waals surface area contributed by atoms with Crippen LogP contribution in [0.2, 0.25) is 0 Å². The predicted molar refractivity (Wildman–Crippen MR) is 78.4 cm³/mol. The van der Waals surface area contributed by atoms with Gasteiger partial charge >= 0.3 is 0 Å². The maximum absolute atomic E-state index is 11.8. The Bertz CT molecular complexity index is 424. The smallest absolute Gasteiger partial charge is 0.244 e. The van der Waals surface area contributed by atoms with E-state index in [0.717, 1.165) is 12.2 Å². The van der Waals surface area contributed by atoms with Crippen molar-refractivity contribution in [2.75, 3.05) is 6.54 Å². The van der Waals surface area contributed by atoms with E-state index in [9.17, 15) is 4.79 Å². The number of hydrogen-bond donors (Lipinski definition) is 1. The van der Waals surface area contributed by atoms with E-state index in [4.69, 9.17) is 0 Å². The summed E-state index contributed by atoms with van der Waals surface area (Å²) in [5, 5.41) is 7.02. The van der Waals surface area contributed by atoms with Gasteiger partial charge < -0.3 is 5.32 Å². The number of aromatic nitrogens is 2. The van der Waals surface area contributed by atoms with E-state index >= 15 is 0 Å². The van der Waals surface area contributed by atoms with Crippen LogP contribution in [0.15, 0.2) is 18.3 Å². The molecule has 0 aliphatic rings. The van der Waals surface area contributed by atoms with Crippen molar-refractivity contribution in [1.29, 1.82) is 0 Å². The molecule has 0 atom stereocenters. The second kappa shape index (κ2) is 7.12. The normalized spacial score (nSPS) is 12.0. The zero-order chi connectivity index (χ0) is 14.4. The molecule has 0 fully saturated rings. The SMILES string of the molecule is CC(C)C(CNC(=O)/C=C/c1ccnn1C)C(C)C. The number of nitrogens with zero attached hydrogens (tertiary/aromatic N) is 2. The molecule has 1 amide bonds. The van der Waals surface area contributed by atoms with Crippen LogP contribution in [-0.2, 0) is 11.8 Å². The molecule has 1 heterocycles. The van der Waals surface area contributed by atoms with E-state index in [1.54, 1.807) is 23.0 Å². The third-order valence-corrected chi connectivity index (χ3v) is 3.49. The molecule has 1 aromatic rings. The van der Waals surface area contributed by atoms with Crippen molar-refractivity contribution >= 4 is 12.0 Å². The largest absolute Gasteiger partial charge is 0.352 e. The van der Waals surface area contributed by atoms with Gasteiger partial charge in [-0.1, -0.05) is 27.7 Å². The van der Waals surface area contributed by atoms with Gasteiger partial charge in [0.05, 0.1) is 5.69 Å². The molecule has 0 radical (unpaired) electrons. The fraction of sp³-hybridized carbons (Fsp3) is 0.600. The van der Waals surface area contributed by atoms with Crippen LogP contribution in [0.4, 0.5) is 0 Å². The van der Waals surface area contributed by atoms with Gasteiger partial charge in [-0.05, 0) is 29.9 Å². The zero-order valence-electron chi connectivity index (χ0n) is 12.6. The molecule has 0 saturated carbocycles. The zero-order valence-corrected chi connectivity index (χ0v) is 12.6. The molecule has 0 aliphatic carbocycles. The monoisotopic (exact) mass is 263 g/mol. The molecule has 1 N–H and O–H groups in total. The van der Waals surface area contributed by atoms with Gasteiger partial charge in [-0.25, -0.2) is 0 Å². The number of aryl methyl sites for hydroxylation is 1. The number of nitrogens with one attached hydrogen (secondary N) is 1. The highest BCUT2D eigenvalue weighted by Crippen LogP contribution is 2.19. The Balaban J connectivity index is 2.48. The molecule has 19 heavy (non-hydrogen) atoms. The van der Waals surface area contributed by atoms with Crippen LogP contribution in [0.25, 0.3) is 6.08 Å². The van der Waals surface area contributed by atoms with Crippen molar-refractivity contribution < 1.29 is 4.79 Å². The first-order valence-electron chi connectivity index (χ1n) is 6.85. The van der Waals surface area contributed by atoms with Crippen LogP contribution in [0.3, 0.4) is 0 Å². The summed E-state index contributed by atoms with van der Waals surface area (Å²) >= 11 is 0. The molecule has 4 heteroatoms. The lowest BCUT2D eigenvalue weighted by atomic mass is 9.85. The Morgan fingerprint density at radius 2 is 2.00 bits per heavy atom. The third-order valence-electron chi connectivity index (χ3n) is 3.49. The highest BCUT2D eigenvalue weighted by Gasteiger charge is 2.17. The average molecular weight is 263 g/mol. The lowest BCUT2D eigenvalue weighted by Crippen LogP contribution is -2.32. The summed E-state index contributed by atoms with van der Waals surface area (Å²) in [6.45, 7) is 9.51. The van der Waals surface area contributed by atoms with E-state index in [1.807, 2.05) is 13.1 Å². The van der Waals surface area contributed by atoms with Crippen molar-refractivity contribution in [2.24, 2.45) is 24.8 Å². The maximum atomic E-state index is 11.8. The van der Waals surface area contributed by atoms with Crippen molar-refractivity contribution in [3.05, 3.63) is 24.0 Å². The Hall–Kier alpha value is -1.58. The molecular formula is C15H25N3O. The van der Waals surface area contributed by atoms with Crippen molar-refractivity contribution in [3.63, 3.8) is 0 Å². The minimum absolute atomic E-state index is 0.0486. The van der Waals surface area contributed by atoms with Crippen LogP contribution in [0.5, 0.6) is 0 Å². The molecule has 1 rings (SSSR count). The summed E-state index contributed by atoms with van der Waals surface area (Å²) in [6.07, 6.45) is 5.06. The second-order valence-corrected chi connectivity index (χ2v) is 5.61. The van der Waals surface area contributed by atoms with Gasteiger partial charge in [-0.3, -0.25) is 9.48 Å². The average Bonchev–Trinajstić information content (AvgIpc) is 2.71. The second-order valence-electron chi connectivity index (χ2n) is 5.61. The third kappa shape index (κ3) is 4.89. The lowest BCUT2D eigenvalue weighted by Gasteiger charge is -2.24. The number of carbonyl (C=O) groups excluding carboxylic acids is 1. The maximum Gasteiger partial charge on any atom is 0.244 e. The van der Waals surface area contributed by atoms with Crippen LogP contribution in [0, 0.1) is 17.8 Å². The van der Waals surface area contributed by atoms with E-state index < -0.39 is 0 Å². The summed E-state index contributed by atoms with van der Waals surface area (Å²) < 4.78 is 1.73. The number of rotatable bonds is 6. The van der Waals surface area contributed by atoms with Gasteiger partial charge in [0.25, 0.3) is 0 Å². The molecule has 106 valence electrons. The first-order valence-corrected chi connectivity index (χ1v) is 6.85. The van der Waals surface area contributed by atoms with E-state index in [-0.39, 0.29) is 5.91 Å². The summed E-state index contributed by atoms with van der Waals surface area (Å²) in [4.78, 5) is 11.8. The van der Waals surface area contributed by atoms with Gasteiger partial charge in [0, 0.05) is 25.9 Å². The Morgan fingerprint density at radius 1 is 1.37 bits per heavy atom. The standard InChI is InChI=1S/C15H25N3O/c1-11(2)14(12(3)4)10-16-15(19)7-6-13-8-9-17-18(13)5/h6-9,11-12,14H,10H2,1-5H3,(H,16,19)/b7-6+. The fourth-order valence-corrected chi connectivity index (χ4v) is 2.23. The number of amides is 1. The van der Waals surface area contributed by atoms with E-state index in [0.29, 0.717) is 17.8 Å². The Labute approximate surface area is 115 Å². The van der Waals surface area contributed by atoms with Crippen LogP contribution >= 0.6 is 0 Å². The fourth-order valence-electron chi connectivity index (χ4n) is 2.23. The molecule has 0 bridgehead atoms. The molecule has 0 spiro atoms. The quantitative estimate of drug-likeness (QED) is 0.801. The van der Waals surface area contributed by atoms with Gasteiger partial charge in [0.2, 0.25) is 5.91 Å². The van der Waals surface area contributed by atoms with Crippen molar-refractivity contribution in [1.82, 2.24) is 15.1 Å². The summed E-state index contributed by atoms with van der Waals surface area (Å²) in [5.74, 6) is 1.60. The van der Waals surface area contributed by atoms with Gasteiger partial charge in [-0.2, -0.15) is 5.10 Å². The van der Waals surface area contributed by atoms with Crippen LogP contribution in [-0.4, -0.2) is 22.2 Å². The van der Waals surface area contributed by atoms with E-state index in [2.05, 4.69) is 38.1 Å². The summed E-state index contributed by atoms with van der Waals surface area (Å²) in [7, 11) is 1.85. The lowest BCUT2D eigenvalue weighted by molar-refractivity contribution is -0.116. The van der Waals surface area contributed by atoms with Gasteiger partial charge in [0.15, 0.2) is 0 Å². The minimum atomic E-state index is -0.0486. The Morgan fingerprint density at radius 3 is 2.47 bits per heavy atom. The number of hydrogen-bond acceptors (Lipinski definition) is 2. The topological polar surface area (TPSA) is 46.9 Å². The van der Waals surface area contributed by atoms with Gasteiger partial charge in [-0.15, -0.1) is 0 Å². The summed E-state index contributed by atoms with van der Waals surface area (Å²) in [6, 6.07) is 1.87. The molecule has 0 aliphatic heterocycles. The predicted octanol–water partition coefficient (Wildman–Crippen LogP) is 2.48. The van der Waals surface area contributed by atoms with E-state index in [1.165, 1.54) is 0 Å². The van der Waals surface area contributed by atoms with Crippen molar-refractivity contribution in [2.45, 2.75) is 27.7 Å². The van der Waals surface area contributed by atoms with Crippen molar-refractivity contribution in [3.8, 4) is 0 Å². The Kier molecular flexibility index (Phi) is 5.80. The highest BCUT2D eigenvalue weighted by molar-refractivity contribution is 5.91. The molecule has 4 nitrogen and oxygen atoms in total.